The number of methoxy groups -OCH3 is 1. The largest absolute Gasteiger partial charge is 0.495 e. The summed E-state index contributed by atoms with van der Waals surface area (Å²) in [6.45, 7) is 0. The van der Waals surface area contributed by atoms with Gasteiger partial charge in [-0.15, -0.1) is 0 Å². The molecule has 23 heavy (non-hydrogen) atoms. The normalized spacial score (nSPS) is 10.8. The second-order valence-electron chi connectivity index (χ2n) is 5.34. The molecule has 0 atom stereocenters. The summed E-state index contributed by atoms with van der Waals surface area (Å²) in [4.78, 5) is 0. The molecule has 0 N–H and O–H groups in total. The van der Waals surface area contributed by atoms with Gasteiger partial charge in [-0.25, -0.2) is 0 Å². The van der Waals surface area contributed by atoms with Gasteiger partial charge in [-0.05, 0) is 29.3 Å². The zero-order valence-electron chi connectivity index (χ0n) is 12.5. The summed E-state index contributed by atoms with van der Waals surface area (Å²) < 4.78 is 11.2. The van der Waals surface area contributed by atoms with Gasteiger partial charge in [0, 0.05) is 16.8 Å². The Bertz CT molecular complexity index is 1060. The lowest BCUT2D eigenvalue weighted by atomic mass is 10.0. The highest BCUT2D eigenvalue weighted by atomic mass is 16.5. The molecule has 0 saturated carbocycles. The average molecular weight is 299 g/mol. The average Bonchev–Trinajstić information content (AvgIpc) is 2.97. The Labute approximate surface area is 133 Å². The number of hydrogen-bond acceptors (Lipinski definition) is 3. The zero-order chi connectivity index (χ0) is 15.8. The van der Waals surface area contributed by atoms with E-state index < -0.39 is 0 Å². The maximum absolute atomic E-state index is 9.25. The fourth-order valence-corrected chi connectivity index (χ4v) is 2.87. The van der Waals surface area contributed by atoms with Crippen LogP contribution in [0.3, 0.4) is 0 Å². The van der Waals surface area contributed by atoms with Crippen molar-refractivity contribution in [1.29, 1.82) is 5.26 Å². The van der Waals surface area contributed by atoms with Crippen LogP contribution in [0.5, 0.6) is 5.75 Å². The minimum atomic E-state index is 0.509. The molecule has 4 aromatic rings. The van der Waals surface area contributed by atoms with Crippen molar-refractivity contribution in [3.05, 3.63) is 66.2 Å². The smallest absolute Gasteiger partial charge is 0.140 e. The quantitative estimate of drug-likeness (QED) is 0.515. The maximum Gasteiger partial charge on any atom is 0.140 e. The van der Waals surface area contributed by atoms with E-state index in [2.05, 4.69) is 24.3 Å². The second-order valence-corrected chi connectivity index (χ2v) is 5.34. The Morgan fingerprint density at radius 2 is 1.65 bits per heavy atom. The van der Waals surface area contributed by atoms with Crippen LogP contribution in [0.25, 0.3) is 33.1 Å². The standard InChI is InChI=1S/C20H13NO2/c1-22-18-11-20-17(9-15(18)12-21)16-8-7-14(10-19(16)23-20)13-5-3-2-4-6-13/h2-11H,1H3. The Balaban J connectivity index is 1.97. The van der Waals surface area contributed by atoms with Crippen LogP contribution >= 0.6 is 0 Å². The van der Waals surface area contributed by atoms with Gasteiger partial charge in [-0.1, -0.05) is 36.4 Å². The van der Waals surface area contributed by atoms with E-state index in [4.69, 9.17) is 9.15 Å². The first-order valence-corrected chi connectivity index (χ1v) is 7.30. The number of benzene rings is 3. The molecule has 1 aromatic heterocycles. The molecule has 0 aliphatic carbocycles. The molecule has 0 amide bonds. The molecule has 3 heteroatoms. The summed E-state index contributed by atoms with van der Waals surface area (Å²) in [6.07, 6.45) is 0. The Morgan fingerprint density at radius 1 is 0.870 bits per heavy atom. The van der Waals surface area contributed by atoms with Gasteiger partial charge in [0.1, 0.15) is 23.0 Å². The molecule has 3 aromatic carbocycles. The minimum Gasteiger partial charge on any atom is -0.495 e. The lowest BCUT2D eigenvalue weighted by molar-refractivity contribution is 0.413. The molecular weight excluding hydrogens is 286 g/mol. The van der Waals surface area contributed by atoms with Crippen LogP contribution in [0.2, 0.25) is 0 Å². The molecule has 4 rings (SSSR count). The van der Waals surface area contributed by atoms with E-state index >= 15 is 0 Å². The molecule has 1 heterocycles. The highest BCUT2D eigenvalue weighted by molar-refractivity contribution is 6.06. The Kier molecular flexibility index (Phi) is 3.03. The Hall–Kier alpha value is -3.25. The van der Waals surface area contributed by atoms with Crippen molar-refractivity contribution in [2.45, 2.75) is 0 Å². The van der Waals surface area contributed by atoms with Crippen molar-refractivity contribution in [2.75, 3.05) is 7.11 Å². The molecule has 0 saturated heterocycles. The number of furan rings is 1. The lowest BCUT2D eigenvalue weighted by Crippen LogP contribution is -1.86. The minimum absolute atomic E-state index is 0.509. The van der Waals surface area contributed by atoms with Crippen molar-refractivity contribution in [3.8, 4) is 22.9 Å². The van der Waals surface area contributed by atoms with E-state index in [1.54, 1.807) is 13.2 Å². The fourth-order valence-electron chi connectivity index (χ4n) is 2.87. The molecular formula is C20H13NO2. The van der Waals surface area contributed by atoms with E-state index in [1.807, 2.05) is 36.4 Å². The van der Waals surface area contributed by atoms with E-state index in [1.165, 1.54) is 0 Å². The van der Waals surface area contributed by atoms with Gasteiger partial charge >= 0.3 is 0 Å². The first-order chi connectivity index (χ1) is 11.3. The molecule has 0 spiro atoms. The van der Waals surface area contributed by atoms with Crippen LogP contribution in [0.15, 0.2) is 65.1 Å². The number of ether oxygens (including phenoxy) is 1. The van der Waals surface area contributed by atoms with E-state index in [0.29, 0.717) is 11.3 Å². The van der Waals surface area contributed by atoms with Crippen LogP contribution in [-0.4, -0.2) is 7.11 Å². The van der Waals surface area contributed by atoms with Gasteiger partial charge in [0.05, 0.1) is 12.7 Å². The van der Waals surface area contributed by atoms with Crippen molar-refractivity contribution >= 4 is 21.9 Å². The summed E-state index contributed by atoms with van der Waals surface area (Å²) in [5.41, 5.74) is 4.28. The van der Waals surface area contributed by atoms with Crippen LogP contribution in [-0.2, 0) is 0 Å². The molecule has 0 fully saturated rings. The summed E-state index contributed by atoms with van der Waals surface area (Å²) in [5, 5.41) is 11.2. The van der Waals surface area contributed by atoms with E-state index in [9.17, 15) is 5.26 Å². The third kappa shape index (κ3) is 2.13. The second kappa shape index (κ2) is 5.19. The van der Waals surface area contributed by atoms with Crippen molar-refractivity contribution in [3.63, 3.8) is 0 Å². The predicted octanol–water partition coefficient (Wildman–Crippen LogP) is 5.13. The van der Waals surface area contributed by atoms with E-state index in [-0.39, 0.29) is 0 Å². The van der Waals surface area contributed by atoms with Gasteiger partial charge in [0.2, 0.25) is 0 Å². The first kappa shape index (κ1) is 13.4. The predicted molar refractivity (Wildman–Crippen MR) is 90.4 cm³/mol. The first-order valence-electron chi connectivity index (χ1n) is 7.30. The van der Waals surface area contributed by atoms with Crippen LogP contribution in [0, 0.1) is 11.3 Å². The summed E-state index contributed by atoms with van der Waals surface area (Å²) >= 11 is 0. The summed E-state index contributed by atoms with van der Waals surface area (Å²) in [6, 6.07) is 22.1. The highest BCUT2D eigenvalue weighted by Crippen LogP contribution is 2.35. The molecule has 3 nitrogen and oxygen atoms in total. The highest BCUT2D eigenvalue weighted by Gasteiger charge is 2.12. The number of nitriles is 1. The SMILES string of the molecule is COc1cc2oc3cc(-c4ccccc4)ccc3c2cc1C#N. The number of fused-ring (bicyclic) bond motifs is 3. The Morgan fingerprint density at radius 3 is 2.39 bits per heavy atom. The topological polar surface area (TPSA) is 46.2 Å². The number of rotatable bonds is 2. The third-order valence-electron chi connectivity index (χ3n) is 4.02. The van der Waals surface area contributed by atoms with Gasteiger partial charge in [0.15, 0.2) is 0 Å². The zero-order valence-corrected chi connectivity index (χ0v) is 12.5. The summed E-state index contributed by atoms with van der Waals surface area (Å²) in [5.74, 6) is 0.530. The molecule has 0 radical (unpaired) electrons. The van der Waals surface area contributed by atoms with Gasteiger partial charge in [-0.2, -0.15) is 5.26 Å². The van der Waals surface area contributed by atoms with Crippen LogP contribution in [0.4, 0.5) is 0 Å². The van der Waals surface area contributed by atoms with E-state index in [0.717, 1.165) is 33.1 Å². The van der Waals surface area contributed by atoms with Crippen molar-refractivity contribution in [1.82, 2.24) is 0 Å². The van der Waals surface area contributed by atoms with Crippen LogP contribution in [0.1, 0.15) is 5.56 Å². The van der Waals surface area contributed by atoms with Crippen LogP contribution < -0.4 is 4.74 Å². The monoisotopic (exact) mass is 299 g/mol. The van der Waals surface area contributed by atoms with Gasteiger partial charge in [0.25, 0.3) is 0 Å². The molecule has 0 bridgehead atoms. The van der Waals surface area contributed by atoms with Crippen molar-refractivity contribution < 1.29 is 9.15 Å². The maximum atomic E-state index is 9.25. The third-order valence-corrected chi connectivity index (χ3v) is 4.02. The van der Waals surface area contributed by atoms with Gasteiger partial charge in [-0.3, -0.25) is 0 Å². The summed E-state index contributed by atoms with van der Waals surface area (Å²) in [7, 11) is 1.55. The van der Waals surface area contributed by atoms with Crippen molar-refractivity contribution in [2.24, 2.45) is 0 Å². The number of nitrogens with zero attached hydrogens (tertiary/aromatic N) is 1. The van der Waals surface area contributed by atoms with Gasteiger partial charge < -0.3 is 9.15 Å². The lowest BCUT2D eigenvalue weighted by Gasteiger charge is -2.01. The molecule has 0 unspecified atom stereocenters. The molecule has 0 aliphatic rings. The molecule has 0 aliphatic heterocycles. The molecule has 110 valence electrons. The fraction of sp³-hybridized carbons (Fsp3) is 0.0500. The number of hydrogen-bond donors (Lipinski definition) is 0.